The van der Waals surface area contributed by atoms with E-state index in [0.29, 0.717) is 4.47 Å². The summed E-state index contributed by atoms with van der Waals surface area (Å²) in [6.07, 6.45) is 0. The normalized spacial score (nSPS) is 13.0. The highest BCUT2D eigenvalue weighted by molar-refractivity contribution is 9.10. The van der Waals surface area contributed by atoms with Gasteiger partial charge in [-0.15, -0.1) is 0 Å². The first-order chi connectivity index (χ1) is 9.22. The number of nitrogens with one attached hydrogen (secondary N) is 1. The van der Waals surface area contributed by atoms with Crippen LogP contribution in [0.5, 0.6) is 5.75 Å². The van der Waals surface area contributed by atoms with Crippen molar-refractivity contribution in [3.8, 4) is 5.75 Å². The van der Waals surface area contributed by atoms with Gasteiger partial charge in [0.1, 0.15) is 10.9 Å². The van der Waals surface area contributed by atoms with Gasteiger partial charge >= 0.3 is 5.97 Å². The monoisotopic (exact) mass is 387 g/mol. The molecule has 0 radical (unpaired) electrons. The average Bonchev–Trinajstić information content (AvgIpc) is 2.34. The summed E-state index contributed by atoms with van der Waals surface area (Å²) in [4.78, 5) is 10.4. The number of carbonyl (C=O) groups is 1. The number of aliphatic hydroxyl groups is 1. The molecule has 0 aliphatic heterocycles. The summed E-state index contributed by atoms with van der Waals surface area (Å²) < 4.78 is 31.4. The van der Waals surface area contributed by atoms with Crippen molar-refractivity contribution < 1.29 is 28.2 Å². The molecule has 0 bridgehead atoms. The van der Waals surface area contributed by atoms with E-state index in [2.05, 4.69) is 15.9 Å². The third kappa shape index (κ3) is 3.83. The van der Waals surface area contributed by atoms with Gasteiger partial charge in [0.05, 0.1) is 18.2 Å². The Kier molecular flexibility index (Phi) is 5.78. The first-order valence-electron chi connectivity index (χ1n) is 5.12. The Labute approximate surface area is 128 Å². The number of carboxylic acids is 1. The average molecular weight is 389 g/mol. The Morgan fingerprint density at radius 1 is 1.55 bits per heavy atom. The Morgan fingerprint density at radius 3 is 2.60 bits per heavy atom. The standard InChI is InChI=1S/C10H11BrClNO6S/c1-19-9-6(11)2-5(12)3-8(9)20(17,18)13-7(4-14)10(15)16/h2-3,7,13-14H,4H2,1H3,(H,15,16)/t7-/m1/s1. The lowest BCUT2D eigenvalue weighted by Crippen LogP contribution is -2.43. The van der Waals surface area contributed by atoms with E-state index in [4.69, 9.17) is 26.6 Å². The number of aliphatic carboxylic acids is 1. The first kappa shape index (κ1) is 17.2. The highest BCUT2D eigenvalue weighted by Gasteiger charge is 2.28. The van der Waals surface area contributed by atoms with Crippen molar-refractivity contribution in [3.63, 3.8) is 0 Å². The zero-order valence-corrected chi connectivity index (χ0v) is 13.3. The number of aliphatic hydroxyl groups excluding tert-OH is 1. The summed E-state index contributed by atoms with van der Waals surface area (Å²) in [6.45, 7) is -0.890. The molecule has 0 saturated carbocycles. The highest BCUT2D eigenvalue weighted by atomic mass is 79.9. The van der Waals surface area contributed by atoms with Crippen LogP contribution in [-0.2, 0) is 14.8 Å². The number of rotatable bonds is 6. The highest BCUT2D eigenvalue weighted by Crippen LogP contribution is 2.35. The third-order valence-corrected chi connectivity index (χ3v) is 4.53. The van der Waals surface area contributed by atoms with Crippen molar-refractivity contribution >= 4 is 43.5 Å². The van der Waals surface area contributed by atoms with Gasteiger partial charge in [0.2, 0.25) is 10.0 Å². The Hall–Kier alpha value is -0.870. The van der Waals surface area contributed by atoms with E-state index in [0.717, 1.165) is 6.07 Å². The molecular weight excluding hydrogens is 378 g/mol. The summed E-state index contributed by atoms with van der Waals surface area (Å²) in [5.41, 5.74) is 0. The molecule has 0 aromatic heterocycles. The molecule has 0 fully saturated rings. The summed E-state index contributed by atoms with van der Waals surface area (Å²) in [5, 5.41) is 17.8. The predicted octanol–water partition coefficient (Wildman–Crippen LogP) is 0.835. The van der Waals surface area contributed by atoms with Crippen molar-refractivity contribution in [1.82, 2.24) is 4.72 Å². The summed E-state index contributed by atoms with van der Waals surface area (Å²) in [7, 11) is -2.98. The number of sulfonamides is 1. The molecule has 1 atom stereocenters. The van der Waals surface area contributed by atoms with Gasteiger partial charge in [-0.05, 0) is 28.1 Å². The Morgan fingerprint density at radius 2 is 2.15 bits per heavy atom. The number of benzene rings is 1. The van der Waals surface area contributed by atoms with Crippen molar-refractivity contribution in [3.05, 3.63) is 21.6 Å². The minimum absolute atomic E-state index is 0.0241. The lowest BCUT2D eigenvalue weighted by Gasteiger charge is -2.15. The molecule has 0 unspecified atom stereocenters. The molecule has 0 heterocycles. The topological polar surface area (TPSA) is 113 Å². The summed E-state index contributed by atoms with van der Waals surface area (Å²) in [6, 6.07) is 0.881. The predicted molar refractivity (Wildman–Crippen MR) is 74.5 cm³/mol. The van der Waals surface area contributed by atoms with E-state index in [-0.39, 0.29) is 15.7 Å². The number of hydrogen-bond acceptors (Lipinski definition) is 5. The van der Waals surface area contributed by atoms with E-state index in [1.165, 1.54) is 13.2 Å². The van der Waals surface area contributed by atoms with Crippen LogP contribution in [-0.4, -0.2) is 44.4 Å². The minimum Gasteiger partial charge on any atom is -0.494 e. The van der Waals surface area contributed by atoms with Crippen molar-refractivity contribution in [2.75, 3.05) is 13.7 Å². The van der Waals surface area contributed by atoms with Crippen molar-refractivity contribution in [2.24, 2.45) is 0 Å². The lowest BCUT2D eigenvalue weighted by molar-refractivity contribution is -0.139. The summed E-state index contributed by atoms with van der Waals surface area (Å²) >= 11 is 8.87. The molecule has 0 saturated heterocycles. The van der Waals surface area contributed by atoms with Gasteiger partial charge in [-0.25, -0.2) is 8.42 Å². The minimum atomic E-state index is -4.23. The van der Waals surface area contributed by atoms with Gasteiger partial charge in [-0.2, -0.15) is 4.72 Å². The molecule has 3 N–H and O–H groups in total. The molecule has 7 nitrogen and oxygen atoms in total. The van der Waals surface area contributed by atoms with Gasteiger partial charge in [0.25, 0.3) is 0 Å². The molecule has 1 aromatic rings. The number of ether oxygens (including phenoxy) is 1. The van der Waals surface area contributed by atoms with E-state index in [1.807, 2.05) is 4.72 Å². The maximum Gasteiger partial charge on any atom is 0.324 e. The molecule has 0 spiro atoms. The fourth-order valence-electron chi connectivity index (χ4n) is 1.35. The molecule has 0 aliphatic carbocycles. The number of hydrogen-bond donors (Lipinski definition) is 3. The number of halogens is 2. The molecule has 0 aliphatic rings. The molecule has 10 heteroatoms. The van der Waals surface area contributed by atoms with Gasteiger partial charge in [0, 0.05) is 5.02 Å². The number of carboxylic acid groups (broad SMARTS) is 1. The van der Waals surface area contributed by atoms with Gasteiger partial charge < -0.3 is 14.9 Å². The van der Waals surface area contributed by atoms with E-state index in [1.54, 1.807) is 0 Å². The quantitative estimate of drug-likeness (QED) is 0.665. The molecular formula is C10H11BrClNO6S. The third-order valence-electron chi connectivity index (χ3n) is 2.25. The van der Waals surface area contributed by atoms with Gasteiger partial charge in [-0.3, -0.25) is 4.79 Å². The molecule has 112 valence electrons. The van der Waals surface area contributed by atoms with Gasteiger partial charge in [-0.1, -0.05) is 11.6 Å². The second kappa shape index (κ2) is 6.72. The smallest absolute Gasteiger partial charge is 0.324 e. The largest absolute Gasteiger partial charge is 0.494 e. The lowest BCUT2D eigenvalue weighted by atomic mass is 10.3. The second-order valence-electron chi connectivity index (χ2n) is 3.61. The molecule has 0 amide bonds. The SMILES string of the molecule is COc1c(Br)cc(Cl)cc1S(=O)(=O)N[C@H](CO)C(=O)O. The molecule has 1 aromatic carbocycles. The maximum absolute atomic E-state index is 12.1. The van der Waals surface area contributed by atoms with E-state index < -0.39 is 28.6 Å². The second-order valence-corrected chi connectivity index (χ2v) is 6.59. The molecule has 20 heavy (non-hydrogen) atoms. The fraction of sp³-hybridized carbons (Fsp3) is 0.300. The Bertz CT molecular complexity index is 620. The zero-order valence-electron chi connectivity index (χ0n) is 10.1. The van der Waals surface area contributed by atoms with E-state index >= 15 is 0 Å². The van der Waals surface area contributed by atoms with Crippen molar-refractivity contribution in [2.45, 2.75) is 10.9 Å². The van der Waals surface area contributed by atoms with Crippen LogP contribution in [0.4, 0.5) is 0 Å². The van der Waals surface area contributed by atoms with Crippen LogP contribution in [0.1, 0.15) is 0 Å². The van der Waals surface area contributed by atoms with Crippen molar-refractivity contribution in [1.29, 1.82) is 0 Å². The van der Waals surface area contributed by atoms with E-state index in [9.17, 15) is 13.2 Å². The Balaban J connectivity index is 3.32. The van der Waals surface area contributed by atoms with Crippen LogP contribution < -0.4 is 9.46 Å². The van der Waals surface area contributed by atoms with Crippen LogP contribution in [0, 0.1) is 0 Å². The maximum atomic E-state index is 12.1. The van der Waals surface area contributed by atoms with Crippen LogP contribution in [0.3, 0.4) is 0 Å². The van der Waals surface area contributed by atoms with Crippen LogP contribution >= 0.6 is 27.5 Å². The zero-order chi connectivity index (χ0) is 15.5. The summed E-state index contributed by atoms with van der Waals surface area (Å²) in [5.74, 6) is -1.53. The van der Waals surface area contributed by atoms with Crippen LogP contribution in [0.2, 0.25) is 5.02 Å². The number of methoxy groups -OCH3 is 1. The van der Waals surface area contributed by atoms with Gasteiger partial charge in [0.15, 0.2) is 5.75 Å². The fourth-order valence-corrected chi connectivity index (χ4v) is 3.92. The van der Waals surface area contributed by atoms with Crippen LogP contribution in [0.25, 0.3) is 0 Å². The van der Waals surface area contributed by atoms with Crippen LogP contribution in [0.15, 0.2) is 21.5 Å². The first-order valence-corrected chi connectivity index (χ1v) is 7.77. The molecule has 1 rings (SSSR count).